The molecule has 0 aromatic carbocycles. The van der Waals surface area contributed by atoms with Gasteiger partial charge in [0.25, 0.3) is 0 Å². The molecule has 0 atom stereocenters. The Labute approximate surface area is 90.7 Å². The SMILES string of the molecule is Nc1cnn(Cc2nc3ncccc3o2)c1. The van der Waals surface area contributed by atoms with Gasteiger partial charge in [0.15, 0.2) is 11.2 Å². The molecule has 0 fully saturated rings. The molecule has 0 spiro atoms. The van der Waals surface area contributed by atoms with Crippen LogP contribution in [0.4, 0.5) is 5.69 Å². The number of nitrogens with zero attached hydrogens (tertiary/aromatic N) is 4. The van der Waals surface area contributed by atoms with E-state index in [9.17, 15) is 0 Å². The Kier molecular flexibility index (Phi) is 1.86. The molecule has 0 aliphatic heterocycles. The second-order valence-electron chi connectivity index (χ2n) is 3.40. The number of hydrogen-bond donors (Lipinski definition) is 1. The van der Waals surface area contributed by atoms with Crippen LogP contribution in [0.3, 0.4) is 0 Å². The zero-order chi connectivity index (χ0) is 11.0. The van der Waals surface area contributed by atoms with Crippen LogP contribution in [0, 0.1) is 0 Å². The first-order valence-electron chi connectivity index (χ1n) is 4.79. The van der Waals surface area contributed by atoms with Crippen LogP contribution in [0.5, 0.6) is 0 Å². The van der Waals surface area contributed by atoms with Crippen molar-refractivity contribution in [2.24, 2.45) is 0 Å². The Balaban J connectivity index is 1.95. The third-order valence-electron chi connectivity index (χ3n) is 2.16. The van der Waals surface area contributed by atoms with Crippen LogP contribution in [0.2, 0.25) is 0 Å². The molecule has 6 nitrogen and oxygen atoms in total. The average molecular weight is 215 g/mol. The molecule has 0 unspecified atom stereocenters. The first-order chi connectivity index (χ1) is 7.81. The maximum absolute atomic E-state index is 5.56. The molecule has 16 heavy (non-hydrogen) atoms. The highest BCUT2D eigenvalue weighted by atomic mass is 16.3. The van der Waals surface area contributed by atoms with Crippen LogP contribution >= 0.6 is 0 Å². The lowest BCUT2D eigenvalue weighted by molar-refractivity contribution is 0.491. The van der Waals surface area contributed by atoms with Gasteiger partial charge in [0.1, 0.15) is 6.54 Å². The lowest BCUT2D eigenvalue weighted by Crippen LogP contribution is -1.99. The van der Waals surface area contributed by atoms with Crippen molar-refractivity contribution in [2.45, 2.75) is 6.54 Å². The van der Waals surface area contributed by atoms with Crippen molar-refractivity contribution in [1.82, 2.24) is 19.7 Å². The predicted molar refractivity (Wildman–Crippen MR) is 57.5 cm³/mol. The molecule has 0 bridgehead atoms. The van der Waals surface area contributed by atoms with Gasteiger partial charge in [-0.15, -0.1) is 0 Å². The fourth-order valence-electron chi connectivity index (χ4n) is 1.49. The smallest absolute Gasteiger partial charge is 0.218 e. The lowest BCUT2D eigenvalue weighted by atomic mass is 10.5. The van der Waals surface area contributed by atoms with Gasteiger partial charge < -0.3 is 10.2 Å². The van der Waals surface area contributed by atoms with Crippen LogP contribution < -0.4 is 5.73 Å². The minimum absolute atomic E-state index is 0.452. The van der Waals surface area contributed by atoms with Crippen molar-refractivity contribution in [3.8, 4) is 0 Å². The molecule has 0 amide bonds. The molecule has 3 heterocycles. The number of rotatable bonds is 2. The van der Waals surface area contributed by atoms with Crippen LogP contribution in [-0.4, -0.2) is 19.7 Å². The van der Waals surface area contributed by atoms with Crippen LogP contribution in [-0.2, 0) is 6.54 Å². The number of nitrogen functional groups attached to an aromatic ring is 1. The Bertz CT molecular complexity index is 594. The van der Waals surface area contributed by atoms with Crippen molar-refractivity contribution in [3.05, 3.63) is 36.6 Å². The summed E-state index contributed by atoms with van der Waals surface area (Å²) in [4.78, 5) is 8.33. The minimum atomic E-state index is 0.452. The largest absolute Gasteiger partial charge is 0.437 e. The summed E-state index contributed by atoms with van der Waals surface area (Å²) in [6.07, 6.45) is 4.99. The van der Waals surface area contributed by atoms with E-state index in [0.29, 0.717) is 29.4 Å². The second-order valence-corrected chi connectivity index (χ2v) is 3.40. The molecule has 0 radical (unpaired) electrons. The molecule has 3 aromatic heterocycles. The third-order valence-corrected chi connectivity index (χ3v) is 2.16. The molecular weight excluding hydrogens is 206 g/mol. The van der Waals surface area contributed by atoms with E-state index in [1.165, 1.54) is 0 Å². The Hall–Kier alpha value is -2.37. The van der Waals surface area contributed by atoms with E-state index in [1.54, 1.807) is 23.3 Å². The zero-order valence-corrected chi connectivity index (χ0v) is 8.37. The molecule has 2 N–H and O–H groups in total. The van der Waals surface area contributed by atoms with Gasteiger partial charge in [-0.3, -0.25) is 4.68 Å². The van der Waals surface area contributed by atoms with Gasteiger partial charge in [-0.2, -0.15) is 10.1 Å². The van der Waals surface area contributed by atoms with Gasteiger partial charge in [-0.05, 0) is 12.1 Å². The molecular formula is C10H9N5O. The van der Waals surface area contributed by atoms with Gasteiger partial charge in [0.2, 0.25) is 5.89 Å². The third kappa shape index (κ3) is 1.50. The van der Waals surface area contributed by atoms with Gasteiger partial charge in [-0.1, -0.05) is 0 Å². The summed E-state index contributed by atoms with van der Waals surface area (Å²) in [6.45, 7) is 0.452. The fourth-order valence-corrected chi connectivity index (χ4v) is 1.49. The molecule has 0 aliphatic carbocycles. The molecule has 0 saturated carbocycles. The Morgan fingerprint density at radius 2 is 2.38 bits per heavy atom. The first kappa shape index (κ1) is 8.90. The highest BCUT2D eigenvalue weighted by Gasteiger charge is 2.06. The van der Waals surface area contributed by atoms with Crippen molar-refractivity contribution in [3.63, 3.8) is 0 Å². The second kappa shape index (κ2) is 3.34. The van der Waals surface area contributed by atoms with E-state index in [4.69, 9.17) is 10.2 Å². The van der Waals surface area contributed by atoms with E-state index in [0.717, 1.165) is 0 Å². The summed E-state index contributed by atoms with van der Waals surface area (Å²) in [6, 6.07) is 3.64. The quantitative estimate of drug-likeness (QED) is 0.690. The zero-order valence-electron chi connectivity index (χ0n) is 8.37. The normalized spacial score (nSPS) is 11.0. The van der Waals surface area contributed by atoms with Gasteiger partial charge >= 0.3 is 0 Å². The summed E-state index contributed by atoms with van der Waals surface area (Å²) in [5.74, 6) is 0.566. The predicted octanol–water partition coefficient (Wildman–Crippen LogP) is 1.05. The van der Waals surface area contributed by atoms with E-state index in [1.807, 2.05) is 12.1 Å². The maximum Gasteiger partial charge on any atom is 0.218 e. The number of aromatic nitrogens is 4. The van der Waals surface area contributed by atoms with Crippen molar-refractivity contribution >= 4 is 16.9 Å². The standard InChI is InChI=1S/C10H9N5O/c11-7-4-13-15(5-7)6-9-14-10-8(16-9)2-1-3-12-10/h1-5H,6,11H2. The summed E-state index contributed by atoms with van der Waals surface area (Å²) >= 11 is 0. The maximum atomic E-state index is 5.56. The lowest BCUT2D eigenvalue weighted by Gasteiger charge is -1.94. The molecule has 80 valence electrons. The van der Waals surface area contributed by atoms with E-state index >= 15 is 0 Å². The van der Waals surface area contributed by atoms with Crippen LogP contribution in [0.15, 0.2) is 35.1 Å². The molecule has 6 heteroatoms. The number of hydrogen-bond acceptors (Lipinski definition) is 5. The highest BCUT2D eigenvalue weighted by Crippen LogP contribution is 2.13. The number of fused-ring (bicyclic) bond motifs is 1. The van der Waals surface area contributed by atoms with Gasteiger partial charge in [-0.25, -0.2) is 4.98 Å². The number of anilines is 1. The van der Waals surface area contributed by atoms with Gasteiger partial charge in [0.05, 0.1) is 11.9 Å². The van der Waals surface area contributed by atoms with E-state index in [2.05, 4.69) is 15.1 Å². The monoisotopic (exact) mass is 215 g/mol. The molecule has 3 rings (SSSR count). The van der Waals surface area contributed by atoms with Crippen molar-refractivity contribution < 1.29 is 4.42 Å². The van der Waals surface area contributed by atoms with Crippen molar-refractivity contribution in [1.29, 1.82) is 0 Å². The van der Waals surface area contributed by atoms with E-state index in [-0.39, 0.29) is 0 Å². The number of oxazole rings is 1. The Morgan fingerprint density at radius 1 is 1.44 bits per heavy atom. The molecule has 0 saturated heterocycles. The highest BCUT2D eigenvalue weighted by molar-refractivity contribution is 5.66. The topological polar surface area (TPSA) is 82.8 Å². The van der Waals surface area contributed by atoms with Gasteiger partial charge in [0, 0.05) is 12.4 Å². The summed E-state index contributed by atoms with van der Waals surface area (Å²) in [5.41, 5.74) is 7.47. The number of pyridine rings is 1. The number of nitrogens with two attached hydrogens (primary N) is 1. The molecule has 0 aliphatic rings. The van der Waals surface area contributed by atoms with Crippen LogP contribution in [0.1, 0.15) is 5.89 Å². The minimum Gasteiger partial charge on any atom is -0.437 e. The average Bonchev–Trinajstić information content (AvgIpc) is 2.84. The van der Waals surface area contributed by atoms with E-state index < -0.39 is 0 Å². The molecule has 3 aromatic rings. The summed E-state index contributed by atoms with van der Waals surface area (Å²) in [5, 5.41) is 4.05. The first-order valence-corrected chi connectivity index (χ1v) is 4.79. The van der Waals surface area contributed by atoms with Crippen molar-refractivity contribution in [2.75, 3.05) is 5.73 Å². The summed E-state index contributed by atoms with van der Waals surface area (Å²) < 4.78 is 7.17. The summed E-state index contributed by atoms with van der Waals surface area (Å²) in [7, 11) is 0. The fraction of sp³-hybridized carbons (Fsp3) is 0.100. The Morgan fingerprint density at radius 3 is 3.12 bits per heavy atom. The van der Waals surface area contributed by atoms with Crippen LogP contribution in [0.25, 0.3) is 11.2 Å².